The van der Waals surface area contributed by atoms with Gasteiger partial charge in [-0.25, -0.2) is 0 Å². The van der Waals surface area contributed by atoms with Crippen molar-refractivity contribution in [3.63, 3.8) is 0 Å². The Morgan fingerprint density at radius 2 is 2.04 bits per heavy atom. The van der Waals surface area contributed by atoms with Gasteiger partial charge in [0.25, 0.3) is 0 Å². The fourth-order valence-electron chi connectivity index (χ4n) is 4.74. The lowest BCUT2D eigenvalue weighted by Crippen LogP contribution is -2.35. The zero-order chi connectivity index (χ0) is 17.7. The summed E-state index contributed by atoms with van der Waals surface area (Å²) >= 11 is 0. The van der Waals surface area contributed by atoms with E-state index in [4.69, 9.17) is 0 Å². The first kappa shape index (κ1) is 15.8. The summed E-state index contributed by atoms with van der Waals surface area (Å²) in [5, 5.41) is 1.45. The Hall–Kier alpha value is -2.39. The quantitative estimate of drug-likeness (QED) is 0.661. The van der Waals surface area contributed by atoms with Crippen molar-refractivity contribution < 1.29 is 0 Å². The van der Waals surface area contributed by atoms with Crippen LogP contribution in [-0.4, -0.2) is 27.0 Å². The van der Waals surface area contributed by atoms with Gasteiger partial charge in [-0.1, -0.05) is 11.6 Å². The topological polar surface area (TPSA) is 21.1 Å². The third kappa shape index (κ3) is 2.50. The highest BCUT2D eigenvalue weighted by atomic mass is 15.2. The molecule has 1 atom stereocenters. The Bertz CT molecular complexity index is 997. The van der Waals surface area contributed by atoms with E-state index in [1.807, 2.05) is 12.4 Å². The number of aryl methyl sites for hydroxylation is 1. The maximum absolute atomic E-state index is 4.15. The second kappa shape index (κ2) is 6.10. The van der Waals surface area contributed by atoms with Crippen LogP contribution in [0, 0.1) is 6.92 Å². The summed E-state index contributed by atoms with van der Waals surface area (Å²) in [5.41, 5.74) is 8.26. The molecule has 2 aromatic heterocycles. The average molecular weight is 343 g/mol. The molecule has 0 saturated carbocycles. The van der Waals surface area contributed by atoms with Gasteiger partial charge in [0.1, 0.15) is 0 Å². The summed E-state index contributed by atoms with van der Waals surface area (Å²) in [6.45, 7) is 6.72. The van der Waals surface area contributed by atoms with Crippen LogP contribution in [0.4, 0.5) is 0 Å². The van der Waals surface area contributed by atoms with Crippen molar-refractivity contribution in [3.8, 4) is 0 Å². The van der Waals surface area contributed by atoms with Crippen molar-refractivity contribution >= 4 is 22.7 Å². The molecular formula is C23H25N3. The smallest absolute Gasteiger partial charge is 0.0529 e. The number of nitrogens with zero attached hydrogens (tertiary/aromatic N) is 3. The molecule has 4 heterocycles. The van der Waals surface area contributed by atoms with E-state index < -0.39 is 0 Å². The van der Waals surface area contributed by atoms with Gasteiger partial charge in [0, 0.05) is 42.3 Å². The molecule has 26 heavy (non-hydrogen) atoms. The normalized spacial score (nSPS) is 20.4. The molecule has 0 radical (unpaired) electrons. The molecule has 3 nitrogen and oxygen atoms in total. The largest absolute Gasteiger partial charge is 0.318 e. The molecule has 2 aliphatic heterocycles. The van der Waals surface area contributed by atoms with Crippen molar-refractivity contribution in [2.45, 2.75) is 45.7 Å². The number of hydrogen-bond acceptors (Lipinski definition) is 2. The van der Waals surface area contributed by atoms with Gasteiger partial charge in [-0.15, -0.1) is 0 Å². The molecule has 1 unspecified atom stereocenters. The Labute approximate surface area is 155 Å². The average Bonchev–Trinajstić information content (AvgIpc) is 3.23. The molecule has 3 aromatic rings. The van der Waals surface area contributed by atoms with Crippen molar-refractivity contribution in [2.24, 2.45) is 0 Å². The first-order valence-electron chi connectivity index (χ1n) is 9.66. The first-order valence-corrected chi connectivity index (χ1v) is 9.66. The second-order valence-electron chi connectivity index (χ2n) is 7.83. The van der Waals surface area contributed by atoms with Crippen LogP contribution in [0.2, 0.25) is 0 Å². The Morgan fingerprint density at radius 3 is 2.88 bits per heavy atom. The van der Waals surface area contributed by atoms with Crippen LogP contribution >= 0.6 is 0 Å². The predicted molar refractivity (Wildman–Crippen MR) is 108 cm³/mol. The van der Waals surface area contributed by atoms with E-state index in [1.54, 1.807) is 5.56 Å². The minimum atomic E-state index is 0.743. The van der Waals surface area contributed by atoms with E-state index in [-0.39, 0.29) is 0 Å². The molecule has 0 N–H and O–H groups in total. The molecule has 1 aromatic carbocycles. The van der Waals surface area contributed by atoms with Crippen LogP contribution < -0.4 is 0 Å². The van der Waals surface area contributed by atoms with Gasteiger partial charge in [0.15, 0.2) is 0 Å². The molecule has 0 spiro atoms. The maximum Gasteiger partial charge on any atom is 0.0529 e. The fraction of sp³-hybridized carbons (Fsp3) is 0.348. The lowest BCUT2D eigenvalue weighted by Gasteiger charge is -2.30. The van der Waals surface area contributed by atoms with E-state index >= 15 is 0 Å². The molecule has 1 saturated heterocycles. The Morgan fingerprint density at radius 1 is 1.19 bits per heavy atom. The summed E-state index contributed by atoms with van der Waals surface area (Å²) < 4.78 is 2.45. The van der Waals surface area contributed by atoms with Gasteiger partial charge in [0.2, 0.25) is 0 Å². The van der Waals surface area contributed by atoms with Crippen molar-refractivity contribution in [1.29, 1.82) is 0 Å². The van der Waals surface area contributed by atoms with Crippen molar-refractivity contribution in [2.75, 3.05) is 6.54 Å². The van der Waals surface area contributed by atoms with Gasteiger partial charge in [-0.2, -0.15) is 0 Å². The van der Waals surface area contributed by atoms with Crippen LogP contribution in [0.1, 0.15) is 42.1 Å². The summed E-state index contributed by atoms with van der Waals surface area (Å²) in [6, 6.07) is 11.8. The summed E-state index contributed by atoms with van der Waals surface area (Å²) in [6.07, 6.45) is 9.95. The first-order chi connectivity index (χ1) is 12.7. The monoisotopic (exact) mass is 343 g/mol. The zero-order valence-corrected chi connectivity index (χ0v) is 15.6. The Kier molecular flexibility index (Phi) is 3.71. The molecule has 2 aliphatic rings. The highest BCUT2D eigenvalue weighted by molar-refractivity contribution is 5.90. The number of fused-ring (bicyclic) bond motifs is 4. The fourth-order valence-corrected chi connectivity index (χ4v) is 4.74. The van der Waals surface area contributed by atoms with Gasteiger partial charge >= 0.3 is 0 Å². The minimum Gasteiger partial charge on any atom is -0.318 e. The van der Waals surface area contributed by atoms with Gasteiger partial charge in [0.05, 0.1) is 5.52 Å². The molecule has 0 amide bonds. The number of rotatable bonds is 2. The van der Waals surface area contributed by atoms with Gasteiger partial charge in [-0.05, 0) is 80.6 Å². The number of pyridine rings is 1. The Balaban J connectivity index is 1.70. The van der Waals surface area contributed by atoms with Crippen LogP contribution in [-0.2, 0) is 13.0 Å². The highest BCUT2D eigenvalue weighted by Crippen LogP contribution is 2.37. The molecular weight excluding hydrogens is 318 g/mol. The third-order valence-corrected chi connectivity index (χ3v) is 6.13. The van der Waals surface area contributed by atoms with E-state index in [9.17, 15) is 0 Å². The number of benzene rings is 1. The lowest BCUT2D eigenvalue weighted by atomic mass is 9.96. The summed E-state index contributed by atoms with van der Waals surface area (Å²) in [5.74, 6) is 0. The minimum absolute atomic E-state index is 0.743. The summed E-state index contributed by atoms with van der Waals surface area (Å²) in [4.78, 5) is 6.83. The van der Waals surface area contributed by atoms with E-state index in [1.165, 1.54) is 59.1 Å². The lowest BCUT2D eigenvalue weighted by molar-refractivity contribution is 0.224. The molecule has 1 fully saturated rings. The molecule has 132 valence electrons. The van der Waals surface area contributed by atoms with Crippen molar-refractivity contribution in [3.05, 3.63) is 65.1 Å². The van der Waals surface area contributed by atoms with Gasteiger partial charge < -0.3 is 4.57 Å². The molecule has 5 rings (SSSR count). The van der Waals surface area contributed by atoms with E-state index in [0.29, 0.717) is 0 Å². The standard InChI is InChI=1S/C23H25N3/c1-16-5-6-22-20(12-16)21-13-19-4-3-11-25(19)15-23(21)26(22)14-17(2)18-7-9-24-10-8-18/h5-10,12,14,19H,3-4,11,13,15H2,1-2H3/b17-14+. The van der Waals surface area contributed by atoms with Crippen LogP contribution in [0.5, 0.6) is 0 Å². The second-order valence-corrected chi connectivity index (χ2v) is 7.83. The molecule has 0 aliphatic carbocycles. The van der Waals surface area contributed by atoms with E-state index in [2.05, 4.69) is 64.8 Å². The van der Waals surface area contributed by atoms with Crippen LogP contribution in [0.3, 0.4) is 0 Å². The van der Waals surface area contributed by atoms with Crippen LogP contribution in [0.15, 0.2) is 42.7 Å². The van der Waals surface area contributed by atoms with E-state index in [0.717, 1.165) is 12.6 Å². The summed E-state index contributed by atoms with van der Waals surface area (Å²) in [7, 11) is 0. The maximum atomic E-state index is 4.15. The number of hydrogen-bond donors (Lipinski definition) is 0. The highest BCUT2D eigenvalue weighted by Gasteiger charge is 2.33. The van der Waals surface area contributed by atoms with Gasteiger partial charge in [-0.3, -0.25) is 9.88 Å². The predicted octanol–water partition coefficient (Wildman–Crippen LogP) is 4.88. The van der Waals surface area contributed by atoms with Crippen molar-refractivity contribution in [1.82, 2.24) is 14.5 Å². The third-order valence-electron chi connectivity index (χ3n) is 6.13. The van der Waals surface area contributed by atoms with Crippen LogP contribution in [0.25, 0.3) is 22.7 Å². The molecule has 0 bridgehead atoms. The zero-order valence-electron chi connectivity index (χ0n) is 15.6. The molecule has 3 heteroatoms. The number of aromatic nitrogens is 2. The number of allylic oxidation sites excluding steroid dienone is 1. The SMILES string of the molecule is C/C(=C\n1c2c(c3cc(C)ccc31)CC1CCCN1C2)c1ccncc1.